The highest BCUT2D eigenvalue weighted by Gasteiger charge is 2.37. The van der Waals surface area contributed by atoms with Crippen molar-refractivity contribution in [2.75, 3.05) is 13.7 Å². The highest BCUT2D eigenvalue weighted by atomic mass is 28.4. The maximum atomic E-state index is 12.6. The van der Waals surface area contributed by atoms with Crippen LogP contribution >= 0.6 is 0 Å². The van der Waals surface area contributed by atoms with E-state index in [0.717, 1.165) is 0 Å². The average Bonchev–Trinajstić information content (AvgIpc) is 2.50. The summed E-state index contributed by atoms with van der Waals surface area (Å²) in [5.74, 6) is -0.979. The van der Waals surface area contributed by atoms with E-state index in [9.17, 15) is 14.4 Å². The van der Waals surface area contributed by atoms with Crippen LogP contribution in [0.3, 0.4) is 0 Å². The molecule has 0 fully saturated rings. The van der Waals surface area contributed by atoms with Crippen LogP contribution in [0.25, 0.3) is 0 Å². The molecule has 0 aromatic rings. The van der Waals surface area contributed by atoms with Gasteiger partial charge in [-0.2, -0.15) is 0 Å². The minimum absolute atomic E-state index is 0.0603. The second kappa shape index (κ2) is 10.8. The molecule has 8 heteroatoms. The number of esters is 1. The third kappa shape index (κ3) is 9.37. The van der Waals surface area contributed by atoms with Crippen molar-refractivity contribution >= 4 is 26.1 Å². The molecule has 0 saturated heterocycles. The summed E-state index contributed by atoms with van der Waals surface area (Å²) in [5.41, 5.74) is 0. The molecule has 2 atom stereocenters. The van der Waals surface area contributed by atoms with Gasteiger partial charge in [0.1, 0.15) is 12.1 Å². The Bertz CT molecular complexity index is 515. The molecule has 7 nitrogen and oxygen atoms in total. The van der Waals surface area contributed by atoms with Crippen molar-refractivity contribution in [3.8, 4) is 0 Å². The van der Waals surface area contributed by atoms with Crippen LogP contribution in [0.4, 0.5) is 0 Å². The number of hydrogen-bond acceptors (Lipinski definition) is 5. The number of ether oxygens (including phenoxy) is 1. The zero-order valence-electron chi connectivity index (χ0n) is 18.4. The monoisotopic (exact) mass is 402 g/mol. The predicted molar refractivity (Wildman–Crippen MR) is 109 cm³/mol. The maximum absolute atomic E-state index is 12.6. The van der Waals surface area contributed by atoms with Crippen molar-refractivity contribution in [2.45, 2.75) is 84.6 Å². The lowest BCUT2D eigenvalue weighted by atomic mass is 10.0. The molecule has 0 rings (SSSR count). The molecule has 0 bridgehead atoms. The van der Waals surface area contributed by atoms with Crippen molar-refractivity contribution in [1.82, 2.24) is 10.6 Å². The van der Waals surface area contributed by atoms with Gasteiger partial charge < -0.3 is 19.8 Å². The second-order valence-electron chi connectivity index (χ2n) is 8.86. The Balaban J connectivity index is 5.01. The Morgan fingerprint density at radius 1 is 1.04 bits per heavy atom. The number of carbonyl (C=O) groups excluding carboxylic acids is 3. The van der Waals surface area contributed by atoms with E-state index in [1.54, 1.807) is 0 Å². The van der Waals surface area contributed by atoms with E-state index in [1.165, 1.54) is 14.0 Å². The lowest BCUT2D eigenvalue weighted by molar-refractivity contribution is -0.145. The smallest absolute Gasteiger partial charge is 0.328 e. The molecule has 2 amide bonds. The Morgan fingerprint density at radius 2 is 1.59 bits per heavy atom. The molecule has 0 radical (unpaired) electrons. The molecule has 0 aliphatic carbocycles. The number of amides is 2. The molecule has 27 heavy (non-hydrogen) atoms. The van der Waals surface area contributed by atoms with Crippen LogP contribution in [0.5, 0.6) is 0 Å². The van der Waals surface area contributed by atoms with Gasteiger partial charge in [-0.1, -0.05) is 34.6 Å². The number of hydrogen-bond donors (Lipinski definition) is 2. The van der Waals surface area contributed by atoms with Crippen molar-refractivity contribution in [3.63, 3.8) is 0 Å². The van der Waals surface area contributed by atoms with Gasteiger partial charge in [0, 0.05) is 20.0 Å². The predicted octanol–water partition coefficient (Wildman–Crippen LogP) is 2.61. The summed E-state index contributed by atoms with van der Waals surface area (Å²) in [5, 5.41) is 5.42. The summed E-state index contributed by atoms with van der Waals surface area (Å²) in [7, 11) is -0.657. The van der Waals surface area contributed by atoms with Gasteiger partial charge in [-0.05, 0) is 30.5 Å². The summed E-state index contributed by atoms with van der Waals surface area (Å²) < 4.78 is 10.9. The molecule has 0 heterocycles. The van der Waals surface area contributed by atoms with Crippen LogP contribution in [0.1, 0.15) is 54.4 Å². The van der Waals surface area contributed by atoms with Crippen LogP contribution in [-0.2, 0) is 23.5 Å². The van der Waals surface area contributed by atoms with E-state index in [1.807, 2.05) is 13.8 Å². The minimum atomic E-state index is -1.94. The largest absolute Gasteiger partial charge is 0.467 e. The van der Waals surface area contributed by atoms with E-state index in [0.29, 0.717) is 19.4 Å². The summed E-state index contributed by atoms with van der Waals surface area (Å²) in [6, 6.07) is -1.49. The molecule has 0 saturated carbocycles. The molecular weight excluding hydrogens is 364 g/mol. The lowest BCUT2D eigenvalue weighted by Crippen LogP contribution is -2.52. The number of carbonyl (C=O) groups is 3. The molecule has 0 aliphatic heterocycles. The number of rotatable bonds is 10. The fraction of sp³-hybridized carbons (Fsp3) is 0.842. The Labute approximate surface area is 165 Å². The van der Waals surface area contributed by atoms with Crippen LogP contribution in [0, 0.1) is 5.92 Å². The van der Waals surface area contributed by atoms with Gasteiger partial charge in [0.25, 0.3) is 0 Å². The van der Waals surface area contributed by atoms with Crippen LogP contribution in [0.15, 0.2) is 0 Å². The van der Waals surface area contributed by atoms with Gasteiger partial charge in [0.15, 0.2) is 8.32 Å². The average molecular weight is 403 g/mol. The first-order valence-corrected chi connectivity index (χ1v) is 12.4. The third-order valence-corrected chi connectivity index (χ3v) is 9.42. The fourth-order valence-corrected chi connectivity index (χ4v) is 3.32. The molecule has 0 spiro atoms. The highest BCUT2D eigenvalue weighted by molar-refractivity contribution is 6.74. The van der Waals surface area contributed by atoms with Crippen molar-refractivity contribution in [2.24, 2.45) is 5.92 Å². The Hall–Kier alpha value is -1.41. The van der Waals surface area contributed by atoms with E-state index in [-0.39, 0.29) is 22.8 Å². The van der Waals surface area contributed by atoms with Crippen LogP contribution < -0.4 is 10.6 Å². The standard InChI is InChI=1S/C19H38N2O5Si/c1-13(2)12-16(20-14(3)22)17(23)21-15(18(24)25-7)10-11-26-27(8,9)19(4,5)6/h13,15-16H,10-12H2,1-9H3,(H,20,22)(H,21,23)/t15-,16-/m0/s1. The summed E-state index contributed by atoms with van der Waals surface area (Å²) in [4.78, 5) is 36.1. The molecule has 0 aliphatic rings. The minimum Gasteiger partial charge on any atom is -0.467 e. The highest BCUT2D eigenvalue weighted by Crippen LogP contribution is 2.36. The van der Waals surface area contributed by atoms with Crippen LogP contribution in [0.2, 0.25) is 18.1 Å². The van der Waals surface area contributed by atoms with Gasteiger partial charge in [0.05, 0.1) is 7.11 Å². The van der Waals surface area contributed by atoms with E-state index in [4.69, 9.17) is 9.16 Å². The zero-order valence-corrected chi connectivity index (χ0v) is 19.4. The molecule has 0 aromatic carbocycles. The maximum Gasteiger partial charge on any atom is 0.328 e. The van der Waals surface area contributed by atoms with Gasteiger partial charge >= 0.3 is 5.97 Å². The lowest BCUT2D eigenvalue weighted by Gasteiger charge is -2.36. The fourth-order valence-electron chi connectivity index (χ4n) is 2.26. The topological polar surface area (TPSA) is 93.7 Å². The van der Waals surface area contributed by atoms with E-state index >= 15 is 0 Å². The molecule has 2 N–H and O–H groups in total. The first-order valence-electron chi connectivity index (χ1n) is 9.50. The van der Waals surface area contributed by atoms with Gasteiger partial charge in [0.2, 0.25) is 11.8 Å². The van der Waals surface area contributed by atoms with Crippen LogP contribution in [-0.4, -0.2) is 51.9 Å². The normalized spacial score (nSPS) is 14.4. The first-order chi connectivity index (χ1) is 12.2. The van der Waals surface area contributed by atoms with E-state index < -0.39 is 26.4 Å². The Kier molecular flexibility index (Phi) is 10.2. The van der Waals surface area contributed by atoms with Gasteiger partial charge in [-0.15, -0.1) is 0 Å². The summed E-state index contributed by atoms with van der Waals surface area (Å²) >= 11 is 0. The number of nitrogens with one attached hydrogen (secondary N) is 2. The SMILES string of the molecule is COC(=O)[C@H](CCO[Si](C)(C)C(C)(C)C)NC(=O)[C@H](CC(C)C)NC(C)=O. The molecular formula is C19H38N2O5Si. The van der Waals surface area contributed by atoms with Crippen molar-refractivity contribution in [1.29, 1.82) is 0 Å². The van der Waals surface area contributed by atoms with Gasteiger partial charge in [-0.3, -0.25) is 9.59 Å². The quantitative estimate of drug-likeness (QED) is 0.433. The second-order valence-corrected chi connectivity index (χ2v) is 13.7. The zero-order chi connectivity index (χ0) is 21.4. The van der Waals surface area contributed by atoms with Crippen molar-refractivity contribution in [3.05, 3.63) is 0 Å². The summed E-state index contributed by atoms with van der Waals surface area (Å²) in [6.45, 7) is 16.3. The Morgan fingerprint density at radius 3 is 2.00 bits per heavy atom. The van der Waals surface area contributed by atoms with E-state index in [2.05, 4.69) is 44.5 Å². The molecule has 0 aromatic heterocycles. The summed E-state index contributed by atoms with van der Waals surface area (Å²) in [6.07, 6.45) is 0.805. The molecule has 0 unspecified atom stereocenters. The third-order valence-electron chi connectivity index (χ3n) is 4.88. The van der Waals surface area contributed by atoms with Crippen molar-refractivity contribution < 1.29 is 23.5 Å². The number of methoxy groups -OCH3 is 1. The van der Waals surface area contributed by atoms with Gasteiger partial charge in [-0.25, -0.2) is 4.79 Å². The first kappa shape index (κ1) is 25.6. The molecule has 158 valence electrons.